The summed E-state index contributed by atoms with van der Waals surface area (Å²) in [5.41, 5.74) is 20.1. The van der Waals surface area contributed by atoms with Gasteiger partial charge in [-0.2, -0.15) is 5.26 Å². The molecule has 0 saturated heterocycles. The predicted octanol–water partition coefficient (Wildman–Crippen LogP) is 20.5. The molecule has 0 unspecified atom stereocenters. The summed E-state index contributed by atoms with van der Waals surface area (Å²) in [5, 5.41) is 19.4. The maximum atomic E-state index is 10.0. The Labute approximate surface area is 516 Å². The molecule has 0 aliphatic heterocycles. The number of aromatic nitrogens is 7. The Balaban J connectivity index is 0.989. The Bertz CT molecular complexity index is 5890. The molecule has 0 amide bonds. The van der Waals surface area contributed by atoms with Crippen LogP contribution in [0, 0.1) is 11.3 Å². The molecule has 0 N–H and O–H groups in total. The van der Waals surface area contributed by atoms with Crippen LogP contribution in [0.2, 0.25) is 0 Å². The molecule has 18 rings (SSSR count). The van der Waals surface area contributed by atoms with Crippen LogP contribution in [0.25, 0.3) is 166 Å². The van der Waals surface area contributed by atoms with Crippen molar-refractivity contribution in [3.63, 3.8) is 0 Å². The van der Waals surface area contributed by atoms with Crippen LogP contribution in [0.3, 0.4) is 0 Å². The van der Waals surface area contributed by atoms with Gasteiger partial charge in [0.05, 0.1) is 67.1 Å². The monoisotopic (exact) mass is 1150 g/mol. The smallest absolute Gasteiger partial charge is 0.164 e. The van der Waals surface area contributed by atoms with E-state index in [4.69, 9.17) is 15.0 Å². The van der Waals surface area contributed by atoms with Crippen LogP contribution in [0.15, 0.2) is 303 Å². The van der Waals surface area contributed by atoms with Crippen molar-refractivity contribution in [3.05, 3.63) is 309 Å². The van der Waals surface area contributed by atoms with E-state index in [9.17, 15) is 5.26 Å². The Morgan fingerprint density at radius 3 is 1.06 bits per heavy atom. The summed E-state index contributed by atoms with van der Waals surface area (Å²) in [5.74, 6) is 1.71. The largest absolute Gasteiger partial charge is 0.309 e. The van der Waals surface area contributed by atoms with Crippen LogP contribution < -0.4 is 0 Å². The second kappa shape index (κ2) is 20.3. The molecule has 418 valence electrons. The first kappa shape index (κ1) is 50.8. The van der Waals surface area contributed by atoms with Crippen molar-refractivity contribution < 1.29 is 0 Å². The van der Waals surface area contributed by atoms with Crippen molar-refractivity contribution in [2.45, 2.75) is 0 Å². The van der Waals surface area contributed by atoms with Gasteiger partial charge in [0, 0.05) is 82.3 Å². The van der Waals surface area contributed by atoms with Crippen molar-refractivity contribution in [2.75, 3.05) is 0 Å². The van der Waals surface area contributed by atoms with Crippen LogP contribution in [0.1, 0.15) is 5.56 Å². The second-order valence-electron chi connectivity index (χ2n) is 23.0. The molecule has 0 aliphatic carbocycles. The average molecular weight is 1150 g/mol. The number of nitriles is 1. The van der Waals surface area contributed by atoms with Gasteiger partial charge in [0.25, 0.3) is 0 Å². The third kappa shape index (κ3) is 7.83. The summed E-state index contributed by atoms with van der Waals surface area (Å²) >= 11 is 0. The van der Waals surface area contributed by atoms with E-state index in [0.29, 0.717) is 23.0 Å². The highest BCUT2D eigenvalue weighted by Crippen LogP contribution is 2.48. The number of para-hydroxylation sites is 6. The number of fused-ring (bicyclic) bond motifs is 14. The molecule has 0 fully saturated rings. The normalized spacial score (nSPS) is 11.8. The van der Waals surface area contributed by atoms with E-state index >= 15 is 0 Å². The Morgan fingerprint density at radius 1 is 0.256 bits per heavy atom. The summed E-state index contributed by atoms with van der Waals surface area (Å²) in [6.07, 6.45) is 0. The maximum absolute atomic E-state index is 10.0. The van der Waals surface area contributed by atoms with Crippen LogP contribution in [-0.2, 0) is 0 Å². The van der Waals surface area contributed by atoms with E-state index in [-0.39, 0.29) is 0 Å². The zero-order valence-corrected chi connectivity index (χ0v) is 48.4. The van der Waals surface area contributed by atoms with Gasteiger partial charge in [-0.3, -0.25) is 0 Å². The lowest BCUT2D eigenvalue weighted by atomic mass is 9.94. The van der Waals surface area contributed by atoms with Gasteiger partial charge < -0.3 is 18.3 Å². The van der Waals surface area contributed by atoms with Crippen molar-refractivity contribution in [3.8, 4) is 85.2 Å². The Morgan fingerprint density at radius 2 is 0.611 bits per heavy atom. The lowest BCUT2D eigenvalue weighted by Gasteiger charge is -2.21. The molecule has 5 aromatic heterocycles. The topological polar surface area (TPSA) is 82.2 Å². The molecule has 8 heteroatoms. The molecule has 18 aromatic rings. The lowest BCUT2D eigenvalue weighted by molar-refractivity contribution is 1.07. The minimum atomic E-state index is 0.546. The minimum Gasteiger partial charge on any atom is -0.309 e. The fraction of sp³-hybridized carbons (Fsp3) is 0. The van der Waals surface area contributed by atoms with Gasteiger partial charge >= 0.3 is 0 Å². The first-order valence-electron chi connectivity index (χ1n) is 30.3. The number of hydrogen-bond donors (Lipinski definition) is 0. The van der Waals surface area contributed by atoms with E-state index in [0.717, 1.165) is 127 Å². The zero-order chi connectivity index (χ0) is 59.4. The number of rotatable bonds is 9. The summed E-state index contributed by atoms with van der Waals surface area (Å²) in [6, 6.07) is 110. The third-order valence-electron chi connectivity index (χ3n) is 18.0. The molecule has 0 aliphatic rings. The summed E-state index contributed by atoms with van der Waals surface area (Å²) in [6.45, 7) is 0. The molecule has 0 bridgehead atoms. The predicted molar refractivity (Wildman–Crippen MR) is 369 cm³/mol. The number of benzene rings is 13. The molecule has 0 radical (unpaired) electrons. The number of hydrogen-bond acceptors (Lipinski definition) is 4. The van der Waals surface area contributed by atoms with Crippen LogP contribution >= 0.6 is 0 Å². The Kier molecular flexibility index (Phi) is 11.5. The second-order valence-corrected chi connectivity index (χ2v) is 23.0. The molecule has 13 aromatic carbocycles. The highest BCUT2D eigenvalue weighted by molar-refractivity contribution is 6.28. The lowest BCUT2D eigenvalue weighted by Crippen LogP contribution is -2.04. The Hall–Kier alpha value is -12.4. The molecule has 90 heavy (non-hydrogen) atoms. The quantitative estimate of drug-likeness (QED) is 0.144. The van der Waals surface area contributed by atoms with Crippen molar-refractivity contribution in [2.24, 2.45) is 0 Å². The van der Waals surface area contributed by atoms with E-state index in [1.165, 1.54) is 21.5 Å². The van der Waals surface area contributed by atoms with E-state index in [1.807, 2.05) is 48.5 Å². The van der Waals surface area contributed by atoms with Crippen LogP contribution in [-0.4, -0.2) is 33.2 Å². The molecule has 0 saturated carbocycles. The molecule has 8 nitrogen and oxygen atoms in total. The number of nitrogens with zero attached hydrogens (tertiary/aromatic N) is 8. The highest BCUT2D eigenvalue weighted by Gasteiger charge is 2.27. The first-order chi connectivity index (χ1) is 44.6. The molecular formula is C82H50N8. The zero-order valence-electron chi connectivity index (χ0n) is 48.4. The fourth-order valence-electron chi connectivity index (χ4n) is 14.1. The summed E-state index contributed by atoms with van der Waals surface area (Å²) in [4.78, 5) is 15.9. The van der Waals surface area contributed by atoms with E-state index in [1.54, 1.807) is 0 Å². The van der Waals surface area contributed by atoms with Gasteiger partial charge in [-0.15, -0.1) is 0 Å². The minimum absolute atomic E-state index is 0.546. The maximum Gasteiger partial charge on any atom is 0.164 e. The molecular weight excluding hydrogens is 1100 g/mol. The van der Waals surface area contributed by atoms with Gasteiger partial charge in [0.15, 0.2) is 17.5 Å². The molecule has 0 spiro atoms. The van der Waals surface area contributed by atoms with Crippen LogP contribution in [0.5, 0.6) is 0 Å². The SMILES string of the molecule is N#Cc1ccc(-c2ccc(-n3c4ccccc4c4c3ccc3c5ccccc5n(-c5ccccc5)c34)c(-c3cc(-c4nc(-c5ccccc5)nc(-c5ccccc5)n4)ccc3-n3c4ccccc4c4c3ccc3c5ccccc5n(-c5ccccc5)c34)c2)cc1. The van der Waals surface area contributed by atoms with Crippen molar-refractivity contribution in [1.29, 1.82) is 5.26 Å². The summed E-state index contributed by atoms with van der Waals surface area (Å²) < 4.78 is 9.83. The van der Waals surface area contributed by atoms with Gasteiger partial charge in [-0.25, -0.2) is 15.0 Å². The van der Waals surface area contributed by atoms with E-state index < -0.39 is 0 Å². The highest BCUT2D eigenvalue weighted by atomic mass is 15.1. The van der Waals surface area contributed by atoms with Gasteiger partial charge in [-0.1, -0.05) is 200 Å². The molecule has 0 atom stereocenters. The first-order valence-corrected chi connectivity index (χ1v) is 30.3. The van der Waals surface area contributed by atoms with Crippen molar-refractivity contribution >= 4 is 87.2 Å². The van der Waals surface area contributed by atoms with Gasteiger partial charge in [-0.05, 0) is 114 Å². The van der Waals surface area contributed by atoms with Crippen LogP contribution in [0.4, 0.5) is 0 Å². The fourth-order valence-corrected chi connectivity index (χ4v) is 14.1. The van der Waals surface area contributed by atoms with Gasteiger partial charge in [0.1, 0.15) is 0 Å². The van der Waals surface area contributed by atoms with Gasteiger partial charge in [0.2, 0.25) is 0 Å². The van der Waals surface area contributed by atoms with Crippen molar-refractivity contribution in [1.82, 2.24) is 33.2 Å². The van der Waals surface area contributed by atoms with E-state index in [2.05, 4.69) is 279 Å². The third-order valence-corrected chi connectivity index (χ3v) is 18.0. The standard InChI is InChI=1S/C82H50N8/c83-51-52-37-39-53(40-38-52)56-41-45-72(89-70-35-19-15-31-64(70)76-74(89)47-43-62-60-29-13-17-33-68(60)87(78(62)76)58-25-9-3-10-26-58)66(49-56)67-50-57(82-85-80(54-21-5-1-6-22-54)84-81(86-82)55-23-7-2-8-24-55)42-46-73(67)90-71-36-20-16-32-65(71)77-75(90)48-44-63-61-30-14-18-34-69(61)88(79(63)77)59-27-11-4-12-28-59/h1-50H. The summed E-state index contributed by atoms with van der Waals surface area (Å²) in [7, 11) is 0. The molecule has 5 heterocycles. The average Bonchev–Trinajstić information content (AvgIpc) is 1.55.